The van der Waals surface area contributed by atoms with Crippen LogP contribution >= 0.6 is 11.3 Å². The molecule has 0 fully saturated rings. The Morgan fingerprint density at radius 1 is 1.29 bits per heavy atom. The SMILES string of the molecule is CS(=O)(=O)CCC(=O)c1csc2ccccc12. The van der Waals surface area contributed by atoms with Crippen molar-refractivity contribution in [1.82, 2.24) is 0 Å². The van der Waals surface area contributed by atoms with Crippen molar-refractivity contribution in [2.45, 2.75) is 6.42 Å². The minimum absolute atomic E-state index is 0.0551. The summed E-state index contributed by atoms with van der Waals surface area (Å²) in [6, 6.07) is 7.64. The highest BCUT2D eigenvalue weighted by Crippen LogP contribution is 2.26. The van der Waals surface area contributed by atoms with Gasteiger partial charge in [-0.15, -0.1) is 11.3 Å². The minimum atomic E-state index is -3.08. The molecule has 1 heterocycles. The van der Waals surface area contributed by atoms with E-state index in [-0.39, 0.29) is 18.0 Å². The van der Waals surface area contributed by atoms with E-state index < -0.39 is 9.84 Å². The maximum Gasteiger partial charge on any atom is 0.165 e. The molecule has 0 atom stereocenters. The summed E-state index contributed by atoms with van der Waals surface area (Å²) in [6.07, 6.45) is 1.20. The Labute approximate surface area is 104 Å². The Morgan fingerprint density at radius 2 is 2.00 bits per heavy atom. The quantitative estimate of drug-likeness (QED) is 0.801. The first-order chi connectivity index (χ1) is 7.97. The number of thiophene rings is 1. The number of fused-ring (bicyclic) bond motifs is 1. The fourth-order valence-electron chi connectivity index (χ4n) is 1.61. The van der Waals surface area contributed by atoms with Gasteiger partial charge in [0.25, 0.3) is 0 Å². The van der Waals surface area contributed by atoms with Crippen molar-refractivity contribution in [3.05, 3.63) is 35.2 Å². The van der Waals surface area contributed by atoms with Crippen LogP contribution in [0.25, 0.3) is 10.1 Å². The molecule has 2 aromatic rings. The molecular weight excluding hydrogens is 256 g/mol. The molecule has 0 aliphatic carbocycles. The topological polar surface area (TPSA) is 51.2 Å². The Kier molecular flexibility index (Phi) is 3.31. The van der Waals surface area contributed by atoms with E-state index in [1.165, 1.54) is 11.3 Å². The molecule has 3 nitrogen and oxygen atoms in total. The lowest BCUT2D eigenvalue weighted by molar-refractivity contribution is 0.0991. The summed E-state index contributed by atoms with van der Waals surface area (Å²) in [5, 5.41) is 2.71. The van der Waals surface area contributed by atoms with Gasteiger partial charge in [-0.25, -0.2) is 8.42 Å². The summed E-state index contributed by atoms with van der Waals surface area (Å²) < 4.78 is 23.1. The zero-order chi connectivity index (χ0) is 12.5. The Hall–Kier alpha value is -1.20. The molecule has 2 rings (SSSR count). The number of carbonyl (C=O) groups excluding carboxylic acids is 1. The molecule has 0 aliphatic heterocycles. The number of ketones is 1. The van der Waals surface area contributed by atoms with Gasteiger partial charge in [-0.1, -0.05) is 18.2 Å². The first-order valence-electron chi connectivity index (χ1n) is 5.14. The summed E-state index contributed by atoms with van der Waals surface area (Å²) >= 11 is 1.51. The lowest BCUT2D eigenvalue weighted by Crippen LogP contribution is -2.09. The van der Waals surface area contributed by atoms with E-state index >= 15 is 0 Å². The van der Waals surface area contributed by atoms with Crippen LogP contribution in [-0.2, 0) is 9.84 Å². The van der Waals surface area contributed by atoms with Crippen molar-refractivity contribution in [3.8, 4) is 0 Å². The Balaban J connectivity index is 2.25. The van der Waals surface area contributed by atoms with Crippen molar-refractivity contribution in [2.75, 3.05) is 12.0 Å². The number of Topliss-reactive ketones (excluding diaryl/α,β-unsaturated/α-hetero) is 1. The van der Waals surface area contributed by atoms with Crippen molar-refractivity contribution >= 4 is 37.0 Å². The van der Waals surface area contributed by atoms with Crippen molar-refractivity contribution in [2.24, 2.45) is 0 Å². The van der Waals surface area contributed by atoms with Gasteiger partial charge in [0, 0.05) is 33.7 Å². The summed E-state index contributed by atoms with van der Waals surface area (Å²) in [5.41, 5.74) is 0.634. The normalized spacial score (nSPS) is 11.8. The first-order valence-corrected chi connectivity index (χ1v) is 8.08. The molecule has 0 bridgehead atoms. The van der Waals surface area contributed by atoms with Gasteiger partial charge in [0.2, 0.25) is 0 Å². The van der Waals surface area contributed by atoms with Gasteiger partial charge in [-0.2, -0.15) is 0 Å². The maximum atomic E-state index is 11.9. The Morgan fingerprint density at radius 3 is 2.71 bits per heavy atom. The van der Waals surface area contributed by atoms with Gasteiger partial charge in [-0.05, 0) is 6.07 Å². The zero-order valence-electron chi connectivity index (χ0n) is 9.34. The minimum Gasteiger partial charge on any atom is -0.294 e. The van der Waals surface area contributed by atoms with Gasteiger partial charge < -0.3 is 0 Å². The third-order valence-corrected chi connectivity index (χ3v) is 4.39. The predicted octanol–water partition coefficient (Wildman–Crippen LogP) is 2.52. The molecule has 1 aromatic heterocycles. The second-order valence-corrected chi connectivity index (χ2v) is 7.12. The summed E-state index contributed by atoms with van der Waals surface area (Å²) in [4.78, 5) is 11.9. The maximum absolute atomic E-state index is 11.9. The van der Waals surface area contributed by atoms with Crippen LogP contribution in [0, 0.1) is 0 Å². The van der Waals surface area contributed by atoms with Crippen LogP contribution in [0.2, 0.25) is 0 Å². The monoisotopic (exact) mass is 268 g/mol. The van der Waals surface area contributed by atoms with E-state index in [9.17, 15) is 13.2 Å². The van der Waals surface area contributed by atoms with Crippen molar-refractivity contribution in [3.63, 3.8) is 0 Å². The fourth-order valence-corrected chi connectivity index (χ4v) is 3.13. The van der Waals surface area contributed by atoms with E-state index in [0.29, 0.717) is 5.56 Å². The first kappa shape index (κ1) is 12.3. The molecule has 5 heteroatoms. The van der Waals surface area contributed by atoms with Crippen LogP contribution in [0.1, 0.15) is 16.8 Å². The van der Waals surface area contributed by atoms with Crippen LogP contribution in [0.3, 0.4) is 0 Å². The highest BCUT2D eigenvalue weighted by molar-refractivity contribution is 7.90. The predicted molar refractivity (Wildman–Crippen MR) is 70.5 cm³/mol. The molecule has 1 aromatic carbocycles. The van der Waals surface area contributed by atoms with Crippen LogP contribution in [0.4, 0.5) is 0 Å². The van der Waals surface area contributed by atoms with Crippen LogP contribution in [0.15, 0.2) is 29.6 Å². The highest BCUT2D eigenvalue weighted by Gasteiger charge is 2.14. The molecule has 90 valence electrons. The standard InChI is InChI=1S/C12H12O3S2/c1-17(14,15)7-6-11(13)10-8-16-12-5-3-2-4-9(10)12/h2-5,8H,6-7H2,1H3. The zero-order valence-corrected chi connectivity index (χ0v) is 11.0. The highest BCUT2D eigenvalue weighted by atomic mass is 32.2. The second kappa shape index (κ2) is 4.58. The lowest BCUT2D eigenvalue weighted by atomic mass is 10.1. The number of rotatable bonds is 4. The second-order valence-electron chi connectivity index (χ2n) is 3.95. The van der Waals surface area contributed by atoms with E-state index in [2.05, 4.69) is 0 Å². The number of benzene rings is 1. The number of hydrogen-bond acceptors (Lipinski definition) is 4. The van der Waals surface area contributed by atoms with Gasteiger partial charge in [0.15, 0.2) is 5.78 Å². The van der Waals surface area contributed by atoms with Gasteiger partial charge in [0.1, 0.15) is 9.84 Å². The molecule has 0 radical (unpaired) electrons. The molecule has 0 aliphatic rings. The van der Waals surface area contributed by atoms with E-state index in [0.717, 1.165) is 16.3 Å². The third-order valence-electron chi connectivity index (χ3n) is 2.48. The molecule has 0 saturated heterocycles. The summed E-state index contributed by atoms with van der Waals surface area (Å²) in [6.45, 7) is 0. The Bertz CT molecular complexity index is 653. The van der Waals surface area contributed by atoms with Gasteiger partial charge in [-0.3, -0.25) is 4.79 Å². The van der Waals surface area contributed by atoms with Crippen LogP contribution in [-0.4, -0.2) is 26.2 Å². The van der Waals surface area contributed by atoms with Crippen molar-refractivity contribution < 1.29 is 13.2 Å². The molecule has 0 spiro atoms. The smallest absolute Gasteiger partial charge is 0.165 e. The van der Waals surface area contributed by atoms with E-state index in [1.807, 2.05) is 24.3 Å². The fraction of sp³-hybridized carbons (Fsp3) is 0.250. The average molecular weight is 268 g/mol. The van der Waals surface area contributed by atoms with Gasteiger partial charge >= 0.3 is 0 Å². The number of hydrogen-bond donors (Lipinski definition) is 0. The number of carbonyl (C=O) groups is 1. The molecule has 0 unspecified atom stereocenters. The largest absolute Gasteiger partial charge is 0.294 e. The summed E-state index contributed by atoms with van der Waals surface area (Å²) in [7, 11) is -3.08. The third kappa shape index (κ3) is 2.92. The molecule has 17 heavy (non-hydrogen) atoms. The van der Waals surface area contributed by atoms with Crippen LogP contribution in [0.5, 0.6) is 0 Å². The lowest BCUT2D eigenvalue weighted by Gasteiger charge is -1.98. The van der Waals surface area contributed by atoms with Crippen molar-refractivity contribution in [1.29, 1.82) is 0 Å². The van der Waals surface area contributed by atoms with E-state index in [1.54, 1.807) is 5.38 Å². The molecule has 0 saturated carbocycles. The summed E-state index contributed by atoms with van der Waals surface area (Å²) in [5.74, 6) is -0.191. The van der Waals surface area contributed by atoms with Crippen LogP contribution < -0.4 is 0 Å². The number of sulfone groups is 1. The molecular formula is C12H12O3S2. The molecule has 0 amide bonds. The van der Waals surface area contributed by atoms with E-state index in [4.69, 9.17) is 0 Å². The molecule has 0 N–H and O–H groups in total. The van der Waals surface area contributed by atoms with Gasteiger partial charge in [0.05, 0.1) is 5.75 Å². The average Bonchev–Trinajstić information content (AvgIpc) is 2.68.